The van der Waals surface area contributed by atoms with E-state index in [1.165, 1.54) is 16.8 Å². The van der Waals surface area contributed by atoms with Crippen LogP contribution >= 0.6 is 11.3 Å². The number of thiazole rings is 1. The molecule has 0 bridgehead atoms. The van der Waals surface area contributed by atoms with Gasteiger partial charge in [0.05, 0.1) is 0 Å². The quantitative estimate of drug-likeness (QED) is 0.780. The van der Waals surface area contributed by atoms with Crippen molar-refractivity contribution in [3.05, 3.63) is 46.5 Å². The lowest BCUT2D eigenvalue weighted by molar-refractivity contribution is -0.369. The van der Waals surface area contributed by atoms with E-state index >= 15 is 0 Å². The number of fused-ring (bicyclic) bond motifs is 1. The highest BCUT2D eigenvalue weighted by Gasteiger charge is 2.25. The molecule has 0 saturated carbocycles. The van der Waals surface area contributed by atoms with Crippen molar-refractivity contribution >= 4 is 16.5 Å². The normalized spacial score (nSPS) is 15.5. The molecule has 0 saturated heterocycles. The van der Waals surface area contributed by atoms with Crippen LogP contribution in [0, 0.1) is 0 Å². The first-order chi connectivity index (χ1) is 7.33. The van der Waals surface area contributed by atoms with Crippen molar-refractivity contribution in [2.45, 2.75) is 18.8 Å². The lowest BCUT2D eigenvalue weighted by Gasteiger charge is -2.01. The summed E-state index contributed by atoms with van der Waals surface area (Å²) in [5, 5.41) is 2.95. The summed E-state index contributed by atoms with van der Waals surface area (Å²) in [5.41, 5.74) is 9.97. The second-order valence-electron chi connectivity index (χ2n) is 4.05. The van der Waals surface area contributed by atoms with Crippen LogP contribution in [0.5, 0.6) is 0 Å². The van der Waals surface area contributed by atoms with Crippen LogP contribution in [0.15, 0.2) is 29.6 Å². The second-order valence-corrected chi connectivity index (χ2v) is 4.97. The van der Waals surface area contributed by atoms with Crippen LogP contribution in [-0.4, -0.2) is 0 Å². The average molecular weight is 217 g/mol. The molecule has 2 nitrogen and oxygen atoms in total. The van der Waals surface area contributed by atoms with E-state index in [4.69, 9.17) is 5.73 Å². The van der Waals surface area contributed by atoms with E-state index in [0.29, 0.717) is 5.92 Å². The maximum Gasteiger partial charge on any atom is 0.329 e. The number of rotatable bonds is 1. The lowest BCUT2D eigenvalue weighted by atomic mass is 10.0. The molecule has 1 aromatic carbocycles. The van der Waals surface area contributed by atoms with Crippen LogP contribution in [0.2, 0.25) is 0 Å². The third-order valence-electron chi connectivity index (χ3n) is 3.07. The van der Waals surface area contributed by atoms with Crippen molar-refractivity contribution in [2.75, 3.05) is 5.73 Å². The van der Waals surface area contributed by atoms with Crippen LogP contribution in [0.4, 0.5) is 5.13 Å². The number of benzene rings is 1. The van der Waals surface area contributed by atoms with Gasteiger partial charge in [0.15, 0.2) is 0 Å². The molecular weight excluding hydrogens is 204 g/mol. The van der Waals surface area contributed by atoms with Crippen molar-refractivity contribution in [2.24, 2.45) is 0 Å². The van der Waals surface area contributed by atoms with E-state index < -0.39 is 0 Å². The SMILES string of the molecule is Nc1[nH+]c(C2Cc3ccccc3C2)cs1. The van der Waals surface area contributed by atoms with Crippen molar-refractivity contribution in [1.82, 2.24) is 0 Å². The molecule has 0 amide bonds. The molecule has 3 N–H and O–H groups in total. The van der Waals surface area contributed by atoms with Gasteiger partial charge in [-0.3, -0.25) is 5.73 Å². The zero-order valence-electron chi connectivity index (χ0n) is 8.36. The predicted octanol–water partition coefficient (Wildman–Crippen LogP) is 2.03. The largest absolute Gasteiger partial charge is 0.329 e. The Morgan fingerprint density at radius 2 is 1.87 bits per heavy atom. The fourth-order valence-corrected chi connectivity index (χ4v) is 2.99. The van der Waals surface area contributed by atoms with Crippen molar-refractivity contribution in [1.29, 1.82) is 0 Å². The number of nitrogens with one attached hydrogen (secondary N) is 1. The molecule has 3 heteroatoms. The highest BCUT2D eigenvalue weighted by molar-refractivity contribution is 7.13. The molecule has 76 valence electrons. The molecule has 15 heavy (non-hydrogen) atoms. The van der Waals surface area contributed by atoms with Gasteiger partial charge in [0.25, 0.3) is 0 Å². The molecule has 0 atom stereocenters. The minimum absolute atomic E-state index is 0.593. The van der Waals surface area contributed by atoms with Crippen LogP contribution < -0.4 is 10.7 Å². The number of hydrogen-bond donors (Lipinski definition) is 1. The topological polar surface area (TPSA) is 40.2 Å². The van der Waals surface area contributed by atoms with Crippen molar-refractivity contribution in [3.63, 3.8) is 0 Å². The van der Waals surface area contributed by atoms with Gasteiger partial charge in [-0.15, -0.1) is 0 Å². The molecule has 1 aliphatic rings. The average Bonchev–Trinajstić information content (AvgIpc) is 2.82. The maximum absolute atomic E-state index is 5.71. The molecule has 0 aliphatic heterocycles. The molecule has 1 aliphatic carbocycles. The first kappa shape index (κ1) is 8.92. The Hall–Kier alpha value is -1.35. The van der Waals surface area contributed by atoms with Gasteiger partial charge in [0.1, 0.15) is 5.69 Å². The van der Waals surface area contributed by atoms with E-state index in [-0.39, 0.29) is 0 Å². The molecule has 0 radical (unpaired) electrons. The predicted molar refractivity (Wildman–Crippen MR) is 61.9 cm³/mol. The third kappa shape index (κ3) is 1.53. The Morgan fingerprint density at radius 1 is 1.20 bits per heavy atom. The molecular formula is C12H13N2S+. The standard InChI is InChI=1S/C12H12N2S/c13-12-14-11(7-15-12)10-5-8-3-1-2-4-9(8)6-10/h1-4,7,10H,5-6H2,(H2,13,14)/p+1. The summed E-state index contributed by atoms with van der Waals surface area (Å²) in [7, 11) is 0. The number of hydrogen-bond acceptors (Lipinski definition) is 2. The minimum Gasteiger partial charge on any atom is -0.278 e. The molecule has 3 rings (SSSR count). The Balaban J connectivity index is 1.90. The van der Waals surface area contributed by atoms with Crippen molar-refractivity contribution in [3.8, 4) is 0 Å². The monoisotopic (exact) mass is 217 g/mol. The molecule has 2 aromatic rings. The zero-order valence-corrected chi connectivity index (χ0v) is 9.18. The minimum atomic E-state index is 0.593. The Kier molecular flexibility index (Phi) is 1.99. The van der Waals surface area contributed by atoms with Gasteiger partial charge in [-0.05, 0) is 24.0 Å². The van der Waals surface area contributed by atoms with Crippen molar-refractivity contribution < 1.29 is 4.98 Å². The molecule has 0 unspecified atom stereocenters. The summed E-state index contributed by atoms with van der Waals surface area (Å²) in [6.07, 6.45) is 2.28. The Labute approximate surface area is 92.8 Å². The number of nitrogen functional groups attached to an aromatic ring is 1. The second kappa shape index (κ2) is 3.35. The summed E-state index contributed by atoms with van der Waals surface area (Å²) in [5.74, 6) is 0.593. The Morgan fingerprint density at radius 3 is 2.40 bits per heavy atom. The van der Waals surface area contributed by atoms with Gasteiger partial charge in [-0.25, -0.2) is 4.98 Å². The van der Waals surface area contributed by atoms with E-state index in [0.717, 1.165) is 18.0 Å². The zero-order chi connectivity index (χ0) is 10.3. The van der Waals surface area contributed by atoms with Crippen LogP contribution in [0.3, 0.4) is 0 Å². The van der Waals surface area contributed by atoms with Crippen LogP contribution in [0.1, 0.15) is 22.7 Å². The van der Waals surface area contributed by atoms with Gasteiger partial charge in [0, 0.05) is 11.3 Å². The maximum atomic E-state index is 5.71. The van der Waals surface area contributed by atoms with Gasteiger partial charge >= 0.3 is 5.13 Å². The first-order valence-corrected chi connectivity index (χ1v) is 6.04. The third-order valence-corrected chi connectivity index (χ3v) is 3.80. The summed E-state index contributed by atoms with van der Waals surface area (Å²) in [4.78, 5) is 3.25. The first-order valence-electron chi connectivity index (χ1n) is 5.16. The van der Waals surface area contributed by atoms with E-state index in [2.05, 4.69) is 34.6 Å². The lowest BCUT2D eigenvalue weighted by Crippen LogP contribution is -2.14. The van der Waals surface area contributed by atoms with E-state index in [1.807, 2.05) is 0 Å². The Bertz CT molecular complexity index is 465. The van der Waals surface area contributed by atoms with Crippen LogP contribution in [0.25, 0.3) is 0 Å². The molecule has 1 heterocycles. The highest BCUT2D eigenvalue weighted by atomic mass is 32.1. The molecule has 0 fully saturated rings. The fraction of sp³-hybridized carbons (Fsp3) is 0.250. The number of H-pyrrole nitrogens is 1. The smallest absolute Gasteiger partial charge is 0.278 e. The summed E-state index contributed by atoms with van der Waals surface area (Å²) in [6, 6.07) is 8.69. The number of nitrogens with two attached hydrogens (primary N) is 1. The highest BCUT2D eigenvalue weighted by Crippen LogP contribution is 2.32. The summed E-state index contributed by atoms with van der Waals surface area (Å²) < 4.78 is 0. The van der Waals surface area contributed by atoms with Gasteiger partial charge in [-0.1, -0.05) is 35.6 Å². The molecule has 0 spiro atoms. The van der Waals surface area contributed by atoms with E-state index in [9.17, 15) is 0 Å². The summed E-state index contributed by atoms with van der Waals surface area (Å²) in [6.45, 7) is 0. The number of anilines is 1. The fourth-order valence-electron chi connectivity index (χ4n) is 2.31. The van der Waals surface area contributed by atoms with Crippen LogP contribution in [-0.2, 0) is 12.8 Å². The number of aromatic amines is 1. The molecule has 1 aromatic heterocycles. The van der Waals surface area contributed by atoms with Gasteiger partial charge in [-0.2, -0.15) is 0 Å². The van der Waals surface area contributed by atoms with E-state index in [1.54, 1.807) is 11.3 Å². The van der Waals surface area contributed by atoms with Gasteiger partial charge in [0.2, 0.25) is 0 Å². The number of aromatic nitrogens is 1. The summed E-state index contributed by atoms with van der Waals surface area (Å²) >= 11 is 1.59. The van der Waals surface area contributed by atoms with Gasteiger partial charge < -0.3 is 0 Å².